The Balaban J connectivity index is 0.000000324. The van der Waals surface area contributed by atoms with Crippen molar-refractivity contribution >= 4 is 0 Å². The Morgan fingerprint density at radius 3 is 1.16 bits per heavy atom. The Morgan fingerprint density at radius 2 is 1.05 bits per heavy atom. The zero-order chi connectivity index (χ0) is 13.7. The third-order valence-electron chi connectivity index (χ3n) is 3.20. The Kier molecular flexibility index (Phi) is 8.49. The van der Waals surface area contributed by atoms with E-state index in [0.29, 0.717) is 11.8 Å². The van der Waals surface area contributed by atoms with Gasteiger partial charge in [-0.3, -0.25) is 0 Å². The van der Waals surface area contributed by atoms with Crippen molar-refractivity contribution < 1.29 is 25.8 Å². The van der Waals surface area contributed by atoms with Crippen LogP contribution < -0.4 is 0 Å². The Morgan fingerprint density at radius 1 is 0.737 bits per heavy atom. The van der Waals surface area contributed by atoms with Gasteiger partial charge in [0.25, 0.3) is 0 Å². The van der Waals surface area contributed by atoms with Gasteiger partial charge in [-0.1, -0.05) is 53.4 Å². The maximum Gasteiger partial charge on any atom is 0 e. The summed E-state index contributed by atoms with van der Waals surface area (Å²) in [7, 11) is 0. The van der Waals surface area contributed by atoms with Crippen LogP contribution in [0.15, 0.2) is 36.4 Å². The summed E-state index contributed by atoms with van der Waals surface area (Å²) in [6.45, 7) is 13.1. The number of hydrogen-bond donors (Lipinski definition) is 0. The minimum Gasteiger partial charge on any atom is -0.210 e. The average molecular weight is 421 g/mol. The second-order valence-corrected chi connectivity index (χ2v) is 5.75. The fourth-order valence-electron chi connectivity index (χ4n) is 1.89. The van der Waals surface area contributed by atoms with Crippen molar-refractivity contribution in [3.8, 4) is 0 Å². The van der Waals surface area contributed by atoms with Crippen molar-refractivity contribution in [2.75, 3.05) is 0 Å². The largest absolute Gasteiger partial charge is 0.210 e. The molecule has 0 fully saturated rings. The molecule has 0 nitrogen and oxygen atoms in total. The van der Waals surface area contributed by atoms with Gasteiger partial charge in [0.15, 0.2) is 0 Å². The van der Waals surface area contributed by atoms with E-state index in [4.69, 9.17) is 0 Å². The first-order valence-electron chi connectivity index (χ1n) is 6.86. The predicted octanol–water partition coefficient (Wildman–Crippen LogP) is 5.67. The van der Waals surface area contributed by atoms with Crippen molar-refractivity contribution in [3.05, 3.63) is 58.7 Å². The van der Waals surface area contributed by atoms with E-state index in [9.17, 15) is 0 Å². The van der Waals surface area contributed by atoms with Gasteiger partial charge in [0, 0.05) is 25.8 Å². The summed E-state index contributed by atoms with van der Waals surface area (Å²) in [5, 5.41) is 0. The molecule has 0 atom stereocenters. The van der Waals surface area contributed by atoms with Crippen LogP contribution in [0.3, 0.4) is 0 Å². The molecule has 0 radical (unpaired) electrons. The van der Waals surface area contributed by atoms with Crippen LogP contribution in [0.5, 0.6) is 0 Å². The van der Waals surface area contributed by atoms with Crippen LogP contribution in [-0.2, 0) is 25.8 Å². The normalized spacial score (nSPS) is 10.1. The van der Waals surface area contributed by atoms with Crippen LogP contribution in [0.4, 0.5) is 0 Å². The van der Waals surface area contributed by atoms with Crippen molar-refractivity contribution in [1.82, 2.24) is 0 Å². The first-order chi connectivity index (χ1) is 8.40. The monoisotopic (exact) mass is 422 g/mol. The van der Waals surface area contributed by atoms with Gasteiger partial charge in [-0.2, -0.15) is 46.5 Å². The first-order valence-corrected chi connectivity index (χ1v) is 6.86. The zero-order valence-electron chi connectivity index (χ0n) is 13.1. The molecule has 0 aliphatic carbocycles. The summed E-state index contributed by atoms with van der Waals surface area (Å²) in [4.78, 5) is 0. The first kappa shape index (κ1) is 18.6. The van der Waals surface area contributed by atoms with Crippen LogP contribution >= 0.6 is 0 Å². The van der Waals surface area contributed by atoms with Gasteiger partial charge < -0.3 is 0 Å². The third-order valence-corrected chi connectivity index (χ3v) is 3.20. The van der Waals surface area contributed by atoms with Crippen molar-refractivity contribution in [1.29, 1.82) is 0 Å². The van der Waals surface area contributed by atoms with Crippen LogP contribution in [0.25, 0.3) is 0 Å². The zero-order valence-corrected chi connectivity index (χ0v) is 16.7. The number of aryl methyl sites for hydroxylation is 2. The van der Waals surface area contributed by atoms with E-state index in [1.807, 2.05) is 0 Å². The van der Waals surface area contributed by atoms with Crippen LogP contribution in [0.1, 0.15) is 61.8 Å². The summed E-state index contributed by atoms with van der Waals surface area (Å²) in [5.74, 6) is 1.36. The van der Waals surface area contributed by atoms with Crippen molar-refractivity contribution in [2.24, 2.45) is 0 Å². The second kappa shape index (κ2) is 8.68. The summed E-state index contributed by atoms with van der Waals surface area (Å²) >= 11 is 0. The number of rotatable bonds is 2. The average Bonchev–Trinajstić information content (AvgIpc) is 2.88. The molecule has 0 aliphatic rings. The third kappa shape index (κ3) is 6.51. The maximum atomic E-state index is 2.24. The maximum absolute atomic E-state index is 2.24. The number of hydrogen-bond acceptors (Lipinski definition) is 0. The molecule has 0 spiro atoms. The molecule has 104 valence electrons. The standard InChI is InChI=1S/2C9H13.Hf/c2*1-7(2)9-5-4-8(3)6-9;/h2*4-7H,1-3H3;/q2*-1;. The molecule has 0 N–H and O–H groups in total. The topological polar surface area (TPSA) is 0 Å². The molecule has 0 unspecified atom stereocenters. The molecule has 0 aliphatic heterocycles. The summed E-state index contributed by atoms with van der Waals surface area (Å²) in [6.07, 6.45) is 0. The van der Waals surface area contributed by atoms with Crippen molar-refractivity contribution in [3.63, 3.8) is 0 Å². The Bertz CT molecular complexity index is 413. The fraction of sp³-hybridized carbons (Fsp3) is 0.444. The predicted molar refractivity (Wildman–Crippen MR) is 81.7 cm³/mol. The van der Waals surface area contributed by atoms with Gasteiger partial charge in [-0.25, -0.2) is 12.1 Å². The van der Waals surface area contributed by atoms with E-state index >= 15 is 0 Å². The van der Waals surface area contributed by atoms with Gasteiger partial charge in [0.2, 0.25) is 0 Å². The minimum absolute atomic E-state index is 0. The Hall–Kier alpha value is -0.430. The van der Waals surface area contributed by atoms with Gasteiger partial charge in [0.05, 0.1) is 0 Å². The minimum atomic E-state index is 0. The quantitative estimate of drug-likeness (QED) is 0.433. The van der Waals surface area contributed by atoms with Gasteiger partial charge in [0.1, 0.15) is 0 Å². The van der Waals surface area contributed by atoms with Gasteiger partial charge >= 0.3 is 0 Å². The summed E-state index contributed by atoms with van der Waals surface area (Å²) in [5.41, 5.74) is 5.65. The molecule has 2 rings (SSSR count). The van der Waals surface area contributed by atoms with Crippen LogP contribution in [0.2, 0.25) is 0 Å². The Labute approximate surface area is 137 Å². The van der Waals surface area contributed by atoms with Crippen LogP contribution in [0, 0.1) is 13.8 Å². The molecular weight excluding hydrogens is 395 g/mol. The molecule has 0 aromatic heterocycles. The van der Waals surface area contributed by atoms with Gasteiger partial charge in [-0.05, 0) is 0 Å². The second-order valence-electron chi connectivity index (χ2n) is 5.75. The van der Waals surface area contributed by atoms with Gasteiger partial charge in [-0.15, -0.1) is 0 Å². The molecule has 0 heterocycles. The molecule has 1 heteroatoms. The SMILES string of the molecule is C[c-]1ccc(C(C)C)c1.C[c-]1ccc(C(C)C)c1.[Hf]. The van der Waals surface area contributed by atoms with E-state index < -0.39 is 0 Å². The van der Waals surface area contributed by atoms with E-state index in [-0.39, 0.29) is 25.8 Å². The molecule has 0 bridgehead atoms. The molecular formula is C18H26Hf-2. The molecule has 0 saturated heterocycles. The summed E-state index contributed by atoms with van der Waals surface area (Å²) in [6, 6.07) is 13.2. The van der Waals surface area contributed by atoms with Crippen LogP contribution in [-0.4, -0.2) is 0 Å². The van der Waals surface area contributed by atoms with E-state index in [2.05, 4.69) is 77.9 Å². The summed E-state index contributed by atoms with van der Waals surface area (Å²) < 4.78 is 0. The fourth-order valence-corrected chi connectivity index (χ4v) is 1.89. The molecule has 2 aromatic carbocycles. The van der Waals surface area contributed by atoms with E-state index in [1.165, 1.54) is 22.3 Å². The molecule has 2 aromatic rings. The smallest absolute Gasteiger partial charge is 0 e. The molecule has 0 saturated carbocycles. The molecule has 0 amide bonds. The van der Waals surface area contributed by atoms with E-state index in [1.54, 1.807) is 0 Å². The van der Waals surface area contributed by atoms with E-state index in [0.717, 1.165) is 0 Å². The van der Waals surface area contributed by atoms with Crippen molar-refractivity contribution in [2.45, 2.75) is 53.4 Å². The molecule has 19 heavy (non-hydrogen) atoms.